The van der Waals surface area contributed by atoms with E-state index in [0.29, 0.717) is 5.92 Å². The molecule has 1 aromatic carbocycles. The van der Waals surface area contributed by atoms with Gasteiger partial charge >= 0.3 is 5.97 Å². The zero-order valence-corrected chi connectivity index (χ0v) is 10.5. The van der Waals surface area contributed by atoms with Crippen LogP contribution in [0.15, 0.2) is 24.3 Å². The maximum Gasteiger partial charge on any atom is 0.309 e. The highest BCUT2D eigenvalue weighted by Crippen LogP contribution is 2.19. The summed E-state index contributed by atoms with van der Waals surface area (Å²) in [4.78, 5) is 11.6. The fourth-order valence-electron chi connectivity index (χ4n) is 1.84. The maximum atomic E-state index is 11.6. The van der Waals surface area contributed by atoms with Crippen LogP contribution in [0.3, 0.4) is 0 Å². The van der Waals surface area contributed by atoms with E-state index in [0.717, 1.165) is 6.42 Å². The molecule has 0 heterocycles. The summed E-state index contributed by atoms with van der Waals surface area (Å²) in [5.74, 6) is 0.135. The molecule has 0 amide bonds. The standard InChI is InChI=1S/C14H20O2/c1-10(2)13(14(15)16-4)9-12-7-5-6-11(3)8-12/h5-8,10,13H,9H2,1-4H3. The molecule has 0 aliphatic rings. The van der Waals surface area contributed by atoms with Crippen LogP contribution in [0, 0.1) is 18.8 Å². The number of hydrogen-bond donors (Lipinski definition) is 0. The van der Waals surface area contributed by atoms with Gasteiger partial charge in [0.05, 0.1) is 13.0 Å². The first-order valence-corrected chi connectivity index (χ1v) is 5.68. The highest BCUT2D eigenvalue weighted by atomic mass is 16.5. The molecule has 1 rings (SSSR count). The molecule has 0 radical (unpaired) electrons. The lowest BCUT2D eigenvalue weighted by Crippen LogP contribution is -2.23. The van der Waals surface area contributed by atoms with Crippen molar-refractivity contribution in [3.05, 3.63) is 35.4 Å². The van der Waals surface area contributed by atoms with E-state index < -0.39 is 0 Å². The van der Waals surface area contributed by atoms with Crippen LogP contribution in [0.1, 0.15) is 25.0 Å². The van der Waals surface area contributed by atoms with Crippen molar-refractivity contribution in [1.82, 2.24) is 0 Å². The number of rotatable bonds is 4. The Balaban J connectivity index is 2.79. The Bertz CT molecular complexity index is 356. The predicted octanol–water partition coefficient (Wildman–Crippen LogP) is 2.98. The summed E-state index contributed by atoms with van der Waals surface area (Å²) in [6.07, 6.45) is 0.756. The summed E-state index contributed by atoms with van der Waals surface area (Å²) in [5, 5.41) is 0. The largest absolute Gasteiger partial charge is 0.469 e. The van der Waals surface area contributed by atoms with Crippen molar-refractivity contribution in [2.75, 3.05) is 7.11 Å². The second kappa shape index (κ2) is 5.69. The van der Waals surface area contributed by atoms with E-state index in [1.165, 1.54) is 18.2 Å². The Hall–Kier alpha value is -1.31. The van der Waals surface area contributed by atoms with Crippen molar-refractivity contribution >= 4 is 5.97 Å². The molecule has 0 aliphatic heterocycles. The van der Waals surface area contributed by atoms with Gasteiger partial charge in [-0.15, -0.1) is 0 Å². The maximum absolute atomic E-state index is 11.6. The second-order valence-electron chi connectivity index (χ2n) is 4.57. The average Bonchev–Trinajstić information content (AvgIpc) is 2.24. The van der Waals surface area contributed by atoms with Crippen LogP contribution >= 0.6 is 0 Å². The van der Waals surface area contributed by atoms with E-state index in [1.807, 2.05) is 6.07 Å². The van der Waals surface area contributed by atoms with E-state index in [2.05, 4.69) is 39.0 Å². The number of benzene rings is 1. The van der Waals surface area contributed by atoms with Crippen LogP contribution in [-0.2, 0) is 16.0 Å². The molecule has 0 spiro atoms. The number of methoxy groups -OCH3 is 1. The van der Waals surface area contributed by atoms with Gasteiger partial charge in [0.25, 0.3) is 0 Å². The molecule has 88 valence electrons. The lowest BCUT2D eigenvalue weighted by Gasteiger charge is -2.18. The lowest BCUT2D eigenvalue weighted by molar-refractivity contribution is -0.146. The first-order chi connectivity index (χ1) is 7.54. The third-order valence-electron chi connectivity index (χ3n) is 2.85. The molecule has 1 aromatic rings. The van der Waals surface area contributed by atoms with Crippen molar-refractivity contribution in [3.8, 4) is 0 Å². The monoisotopic (exact) mass is 220 g/mol. The molecule has 1 unspecified atom stereocenters. The van der Waals surface area contributed by atoms with E-state index >= 15 is 0 Å². The van der Waals surface area contributed by atoms with Crippen LogP contribution < -0.4 is 0 Å². The topological polar surface area (TPSA) is 26.3 Å². The molecule has 16 heavy (non-hydrogen) atoms. The van der Waals surface area contributed by atoms with Crippen LogP contribution in [-0.4, -0.2) is 13.1 Å². The van der Waals surface area contributed by atoms with Crippen molar-refractivity contribution in [2.45, 2.75) is 27.2 Å². The summed E-state index contributed by atoms with van der Waals surface area (Å²) in [6.45, 7) is 6.17. The molecule has 0 saturated carbocycles. The van der Waals surface area contributed by atoms with Crippen LogP contribution in [0.25, 0.3) is 0 Å². The first-order valence-electron chi connectivity index (χ1n) is 5.68. The number of carbonyl (C=O) groups excluding carboxylic acids is 1. The molecular formula is C14H20O2. The summed E-state index contributed by atoms with van der Waals surface area (Å²) >= 11 is 0. The lowest BCUT2D eigenvalue weighted by atomic mass is 9.89. The fourth-order valence-corrected chi connectivity index (χ4v) is 1.84. The first kappa shape index (κ1) is 12.8. The Kier molecular flexibility index (Phi) is 4.53. The molecule has 0 bridgehead atoms. The molecular weight excluding hydrogens is 200 g/mol. The molecule has 2 nitrogen and oxygen atoms in total. The molecule has 0 fully saturated rings. The van der Waals surface area contributed by atoms with Crippen molar-refractivity contribution in [2.24, 2.45) is 11.8 Å². The number of hydrogen-bond acceptors (Lipinski definition) is 2. The van der Waals surface area contributed by atoms with Crippen molar-refractivity contribution in [1.29, 1.82) is 0 Å². The third-order valence-corrected chi connectivity index (χ3v) is 2.85. The number of ether oxygens (including phenoxy) is 1. The molecule has 1 atom stereocenters. The van der Waals surface area contributed by atoms with Crippen molar-refractivity contribution in [3.63, 3.8) is 0 Å². The van der Waals surface area contributed by atoms with Crippen molar-refractivity contribution < 1.29 is 9.53 Å². The summed E-state index contributed by atoms with van der Waals surface area (Å²) in [5.41, 5.74) is 2.42. The molecule has 0 aromatic heterocycles. The Morgan fingerprint density at radius 1 is 1.38 bits per heavy atom. The van der Waals surface area contributed by atoms with Gasteiger partial charge in [0, 0.05) is 0 Å². The van der Waals surface area contributed by atoms with Crippen LogP contribution in [0.4, 0.5) is 0 Å². The zero-order valence-electron chi connectivity index (χ0n) is 10.5. The Morgan fingerprint density at radius 2 is 2.06 bits per heavy atom. The highest BCUT2D eigenvalue weighted by Gasteiger charge is 2.23. The summed E-state index contributed by atoms with van der Waals surface area (Å²) in [7, 11) is 1.45. The Labute approximate surface area is 97.6 Å². The van der Waals surface area contributed by atoms with Gasteiger partial charge in [-0.2, -0.15) is 0 Å². The smallest absolute Gasteiger partial charge is 0.309 e. The number of carbonyl (C=O) groups is 1. The minimum absolute atomic E-state index is 0.0493. The van der Waals surface area contributed by atoms with E-state index in [9.17, 15) is 4.79 Å². The van der Waals surface area contributed by atoms with E-state index in [4.69, 9.17) is 4.74 Å². The van der Waals surface area contributed by atoms with Gasteiger partial charge in [-0.05, 0) is 24.8 Å². The minimum Gasteiger partial charge on any atom is -0.469 e. The fraction of sp³-hybridized carbons (Fsp3) is 0.500. The van der Waals surface area contributed by atoms with Gasteiger partial charge in [0.15, 0.2) is 0 Å². The van der Waals surface area contributed by atoms with Gasteiger partial charge in [-0.1, -0.05) is 43.7 Å². The quantitative estimate of drug-likeness (QED) is 0.729. The normalized spacial score (nSPS) is 12.6. The average molecular weight is 220 g/mol. The van der Waals surface area contributed by atoms with E-state index in [1.54, 1.807) is 0 Å². The molecule has 0 N–H and O–H groups in total. The summed E-state index contributed by atoms with van der Waals surface area (Å²) in [6, 6.07) is 8.27. The van der Waals surface area contributed by atoms with Gasteiger partial charge in [-0.3, -0.25) is 4.79 Å². The number of esters is 1. The van der Waals surface area contributed by atoms with Gasteiger partial charge < -0.3 is 4.74 Å². The van der Waals surface area contributed by atoms with Gasteiger partial charge in [0.2, 0.25) is 0 Å². The second-order valence-corrected chi connectivity index (χ2v) is 4.57. The highest BCUT2D eigenvalue weighted by molar-refractivity contribution is 5.72. The number of aryl methyl sites for hydroxylation is 1. The molecule has 0 aliphatic carbocycles. The van der Waals surface area contributed by atoms with E-state index in [-0.39, 0.29) is 11.9 Å². The molecule has 2 heteroatoms. The third kappa shape index (κ3) is 3.37. The summed E-state index contributed by atoms with van der Waals surface area (Å²) < 4.78 is 4.84. The molecule has 0 saturated heterocycles. The van der Waals surface area contributed by atoms with Crippen LogP contribution in [0.2, 0.25) is 0 Å². The van der Waals surface area contributed by atoms with Crippen LogP contribution in [0.5, 0.6) is 0 Å². The van der Waals surface area contributed by atoms with Gasteiger partial charge in [-0.25, -0.2) is 0 Å². The predicted molar refractivity (Wildman–Crippen MR) is 65.2 cm³/mol. The van der Waals surface area contributed by atoms with Gasteiger partial charge in [0.1, 0.15) is 0 Å². The Morgan fingerprint density at radius 3 is 2.56 bits per heavy atom. The SMILES string of the molecule is COC(=O)C(Cc1cccc(C)c1)C(C)C. The minimum atomic E-state index is -0.114. The zero-order chi connectivity index (χ0) is 12.1.